The third-order valence-electron chi connectivity index (χ3n) is 2.39. The van der Waals surface area contributed by atoms with Gasteiger partial charge in [0.15, 0.2) is 5.16 Å². The minimum absolute atomic E-state index is 0.00461. The van der Waals surface area contributed by atoms with Crippen LogP contribution in [-0.4, -0.2) is 31.4 Å². The number of imidazole rings is 1. The van der Waals surface area contributed by atoms with E-state index >= 15 is 0 Å². The second kappa shape index (κ2) is 5.22. The molecule has 0 radical (unpaired) electrons. The number of aromatic nitrogens is 3. The minimum Gasteiger partial charge on any atom is -0.481 e. The lowest BCUT2D eigenvalue weighted by atomic mass is 10.3. The summed E-state index contributed by atoms with van der Waals surface area (Å²) in [7, 11) is 0. The first-order chi connectivity index (χ1) is 8.58. The number of pyridine rings is 1. The highest BCUT2D eigenvalue weighted by Crippen LogP contribution is 2.21. The van der Waals surface area contributed by atoms with E-state index in [9.17, 15) is 4.79 Å². The summed E-state index contributed by atoms with van der Waals surface area (Å²) in [6.07, 6.45) is 3.47. The second-order valence-corrected chi connectivity index (χ2v) is 4.76. The normalized spacial score (nSPS) is 10.6. The van der Waals surface area contributed by atoms with Gasteiger partial charge in [-0.25, -0.2) is 4.98 Å². The highest BCUT2D eigenvalue weighted by molar-refractivity contribution is 7.99. The molecule has 2 rings (SSSR count). The first kappa shape index (κ1) is 12.6. The van der Waals surface area contributed by atoms with E-state index in [0.717, 1.165) is 17.1 Å². The van der Waals surface area contributed by atoms with Crippen LogP contribution in [0.5, 0.6) is 0 Å². The van der Waals surface area contributed by atoms with Crippen LogP contribution in [0.25, 0.3) is 5.69 Å². The maximum absolute atomic E-state index is 10.6. The van der Waals surface area contributed by atoms with Gasteiger partial charge in [-0.15, -0.1) is 0 Å². The highest BCUT2D eigenvalue weighted by Gasteiger charge is 2.10. The van der Waals surface area contributed by atoms with Crippen LogP contribution in [0.15, 0.2) is 29.7 Å². The maximum Gasteiger partial charge on any atom is 0.313 e. The minimum atomic E-state index is -0.853. The van der Waals surface area contributed by atoms with Crippen LogP contribution in [-0.2, 0) is 4.79 Å². The molecule has 0 amide bonds. The van der Waals surface area contributed by atoms with Gasteiger partial charge in [-0.1, -0.05) is 11.8 Å². The summed E-state index contributed by atoms with van der Waals surface area (Å²) >= 11 is 1.19. The number of hydrogen-bond donors (Lipinski definition) is 1. The van der Waals surface area contributed by atoms with Gasteiger partial charge >= 0.3 is 5.97 Å². The molecule has 94 valence electrons. The van der Waals surface area contributed by atoms with Crippen LogP contribution < -0.4 is 0 Å². The summed E-state index contributed by atoms with van der Waals surface area (Å²) in [6, 6.07) is 3.89. The van der Waals surface area contributed by atoms with Gasteiger partial charge < -0.3 is 5.11 Å². The molecule has 0 saturated carbocycles. The van der Waals surface area contributed by atoms with Gasteiger partial charge in [-0.3, -0.25) is 14.3 Å². The fourth-order valence-corrected chi connectivity index (χ4v) is 2.33. The Kier molecular flexibility index (Phi) is 3.66. The second-order valence-electron chi connectivity index (χ2n) is 3.82. The molecule has 2 aromatic rings. The molecule has 5 nitrogen and oxygen atoms in total. The van der Waals surface area contributed by atoms with E-state index < -0.39 is 5.97 Å². The Morgan fingerprint density at radius 3 is 2.89 bits per heavy atom. The van der Waals surface area contributed by atoms with Crippen molar-refractivity contribution in [3.05, 3.63) is 35.9 Å². The summed E-state index contributed by atoms with van der Waals surface area (Å²) in [6.45, 7) is 3.86. The first-order valence-corrected chi connectivity index (χ1v) is 6.39. The van der Waals surface area contributed by atoms with E-state index in [2.05, 4.69) is 9.97 Å². The molecule has 18 heavy (non-hydrogen) atoms. The van der Waals surface area contributed by atoms with Gasteiger partial charge in [-0.2, -0.15) is 0 Å². The Hall–Kier alpha value is -1.82. The molecule has 0 aliphatic carbocycles. The van der Waals surface area contributed by atoms with Gasteiger partial charge in [0.1, 0.15) is 0 Å². The summed E-state index contributed by atoms with van der Waals surface area (Å²) in [5.74, 6) is -0.858. The number of carboxylic acids is 1. The van der Waals surface area contributed by atoms with E-state index in [0.29, 0.717) is 5.16 Å². The molecule has 0 saturated heterocycles. The van der Waals surface area contributed by atoms with Crippen LogP contribution in [0.4, 0.5) is 0 Å². The van der Waals surface area contributed by atoms with Crippen LogP contribution in [0.1, 0.15) is 11.4 Å². The molecular formula is C12H13N3O2S. The van der Waals surface area contributed by atoms with E-state index in [1.54, 1.807) is 6.20 Å². The van der Waals surface area contributed by atoms with E-state index in [1.807, 2.05) is 36.7 Å². The average Bonchev–Trinajstić information content (AvgIpc) is 2.74. The molecule has 0 unspecified atom stereocenters. The molecule has 0 spiro atoms. The molecule has 0 aliphatic heterocycles. The fourth-order valence-electron chi connectivity index (χ4n) is 1.64. The van der Waals surface area contributed by atoms with E-state index in [-0.39, 0.29) is 5.75 Å². The number of nitrogens with zero attached hydrogens (tertiary/aromatic N) is 3. The summed E-state index contributed by atoms with van der Waals surface area (Å²) in [5.41, 5.74) is 2.77. The first-order valence-electron chi connectivity index (χ1n) is 5.40. The van der Waals surface area contributed by atoms with Crippen molar-refractivity contribution >= 4 is 17.7 Å². The van der Waals surface area contributed by atoms with Crippen molar-refractivity contribution in [1.82, 2.24) is 14.5 Å². The Balaban J connectivity index is 2.33. The third-order valence-corrected chi connectivity index (χ3v) is 3.34. The molecule has 1 N–H and O–H groups in total. The predicted octanol–water partition coefficient (Wildman–Crippen LogP) is 2.06. The van der Waals surface area contributed by atoms with Crippen molar-refractivity contribution in [2.45, 2.75) is 19.0 Å². The molecule has 0 fully saturated rings. The Morgan fingerprint density at radius 2 is 2.22 bits per heavy atom. The molecule has 2 heterocycles. The highest BCUT2D eigenvalue weighted by atomic mass is 32.2. The number of aliphatic carboxylic acids is 1. The SMILES string of the molecule is Cc1ccc(-n2ccnc2SCC(=O)O)c(C)n1. The number of carbonyl (C=O) groups is 1. The van der Waals surface area contributed by atoms with Crippen LogP contribution in [0.2, 0.25) is 0 Å². The van der Waals surface area contributed by atoms with Crippen molar-refractivity contribution in [3.63, 3.8) is 0 Å². The Bertz CT molecular complexity index is 580. The largest absolute Gasteiger partial charge is 0.481 e. The summed E-state index contributed by atoms with van der Waals surface area (Å²) in [4.78, 5) is 19.1. The van der Waals surface area contributed by atoms with Crippen LogP contribution in [0.3, 0.4) is 0 Å². The van der Waals surface area contributed by atoms with Crippen molar-refractivity contribution in [3.8, 4) is 5.69 Å². The number of hydrogen-bond acceptors (Lipinski definition) is 4. The maximum atomic E-state index is 10.6. The zero-order chi connectivity index (χ0) is 13.1. The topological polar surface area (TPSA) is 68.0 Å². The third kappa shape index (κ3) is 2.70. The smallest absolute Gasteiger partial charge is 0.313 e. The average molecular weight is 263 g/mol. The lowest BCUT2D eigenvalue weighted by Crippen LogP contribution is -2.03. The van der Waals surface area contributed by atoms with Gasteiger partial charge in [0.2, 0.25) is 0 Å². The van der Waals surface area contributed by atoms with Crippen LogP contribution in [0, 0.1) is 13.8 Å². The fraction of sp³-hybridized carbons (Fsp3) is 0.250. The monoisotopic (exact) mass is 263 g/mol. The zero-order valence-corrected chi connectivity index (χ0v) is 10.9. The quantitative estimate of drug-likeness (QED) is 0.855. The number of carboxylic acid groups (broad SMARTS) is 1. The molecule has 0 bridgehead atoms. The van der Waals surface area contributed by atoms with E-state index in [4.69, 9.17) is 5.11 Å². The number of aryl methyl sites for hydroxylation is 2. The molecular weight excluding hydrogens is 250 g/mol. The molecule has 6 heteroatoms. The summed E-state index contributed by atoms with van der Waals surface area (Å²) < 4.78 is 1.86. The van der Waals surface area contributed by atoms with Gasteiger partial charge in [0.05, 0.1) is 17.1 Å². The summed E-state index contributed by atoms with van der Waals surface area (Å²) in [5, 5.41) is 9.35. The standard InChI is InChI=1S/C12H13N3O2S/c1-8-3-4-10(9(2)14-8)15-6-5-13-12(15)18-7-11(16)17/h3-6H,7H2,1-2H3,(H,16,17). The van der Waals surface area contributed by atoms with Crippen LogP contribution >= 0.6 is 11.8 Å². The molecule has 0 aliphatic rings. The van der Waals surface area contributed by atoms with Crippen molar-refractivity contribution in [2.24, 2.45) is 0 Å². The van der Waals surface area contributed by atoms with Gasteiger partial charge in [-0.05, 0) is 26.0 Å². The lowest BCUT2D eigenvalue weighted by molar-refractivity contribution is -0.133. The molecule has 0 atom stereocenters. The lowest BCUT2D eigenvalue weighted by Gasteiger charge is -2.09. The van der Waals surface area contributed by atoms with Crippen molar-refractivity contribution < 1.29 is 9.90 Å². The predicted molar refractivity (Wildman–Crippen MR) is 69.2 cm³/mol. The number of thioether (sulfide) groups is 1. The van der Waals surface area contributed by atoms with Crippen molar-refractivity contribution in [1.29, 1.82) is 0 Å². The Labute approximate surface area is 109 Å². The Morgan fingerprint density at radius 1 is 1.44 bits per heavy atom. The van der Waals surface area contributed by atoms with Crippen molar-refractivity contribution in [2.75, 3.05) is 5.75 Å². The zero-order valence-electron chi connectivity index (χ0n) is 10.1. The molecule has 2 aromatic heterocycles. The molecule has 0 aromatic carbocycles. The number of rotatable bonds is 4. The van der Waals surface area contributed by atoms with Gasteiger partial charge in [0.25, 0.3) is 0 Å². The van der Waals surface area contributed by atoms with Gasteiger partial charge in [0, 0.05) is 18.1 Å². The van der Waals surface area contributed by atoms with E-state index in [1.165, 1.54) is 11.8 Å².